The number of aliphatic hydroxyl groups is 1. The molecule has 3 aromatic rings. The van der Waals surface area contributed by atoms with Gasteiger partial charge < -0.3 is 10.2 Å². The molecule has 3 aromatic carbocycles. The van der Waals surface area contributed by atoms with Crippen molar-refractivity contribution in [2.45, 2.75) is 18.9 Å². The molecule has 0 heterocycles. The summed E-state index contributed by atoms with van der Waals surface area (Å²) in [5.74, 6) is -0.820. The average Bonchev–Trinajstić information content (AvgIpc) is 2.96. The molecule has 1 unspecified atom stereocenters. The zero-order valence-electron chi connectivity index (χ0n) is 14.0. The van der Waals surface area contributed by atoms with Crippen molar-refractivity contribution in [2.75, 3.05) is 0 Å². The molecular formula is C22H20O3. The first-order chi connectivity index (χ1) is 12.1. The van der Waals surface area contributed by atoms with Gasteiger partial charge in [-0.2, -0.15) is 0 Å². The van der Waals surface area contributed by atoms with Crippen LogP contribution in [0.5, 0.6) is 0 Å². The Kier molecular flexibility index (Phi) is 4.96. The molecule has 0 saturated heterocycles. The molecule has 0 saturated carbocycles. The predicted octanol–water partition coefficient (Wildman–Crippen LogP) is 4.62. The van der Waals surface area contributed by atoms with Crippen LogP contribution in [0.15, 0.2) is 78.9 Å². The summed E-state index contributed by atoms with van der Waals surface area (Å²) < 4.78 is 0. The van der Waals surface area contributed by atoms with Gasteiger partial charge in [0.15, 0.2) is 0 Å². The van der Waals surface area contributed by atoms with Gasteiger partial charge in [-0.3, -0.25) is 4.79 Å². The van der Waals surface area contributed by atoms with Gasteiger partial charge in [-0.05, 0) is 27.8 Å². The van der Waals surface area contributed by atoms with Crippen molar-refractivity contribution in [2.24, 2.45) is 0 Å². The summed E-state index contributed by atoms with van der Waals surface area (Å²) in [4.78, 5) is 9.00. The Morgan fingerprint density at radius 3 is 1.68 bits per heavy atom. The standard InChI is InChI=1S/C20H16O.C2H4O2/c21-20(14-8-2-1-3-9-14)19-17-12-6-4-10-15(17)16-11-5-7-13-18(16)19;1-2(3)4/h1-13,19-21H;1H3,(H,3,4). The normalized spacial score (nSPS) is 13.2. The summed E-state index contributed by atoms with van der Waals surface area (Å²) in [5.41, 5.74) is 5.89. The van der Waals surface area contributed by atoms with Gasteiger partial charge in [0.25, 0.3) is 5.97 Å². The summed E-state index contributed by atoms with van der Waals surface area (Å²) in [7, 11) is 0. The maximum Gasteiger partial charge on any atom is 0.300 e. The smallest absolute Gasteiger partial charge is 0.300 e. The lowest BCUT2D eigenvalue weighted by Gasteiger charge is -2.21. The maximum atomic E-state index is 10.9. The van der Waals surface area contributed by atoms with Crippen LogP contribution >= 0.6 is 0 Å². The Hall–Kier alpha value is -2.91. The summed E-state index contributed by atoms with van der Waals surface area (Å²) in [6.45, 7) is 1.08. The second kappa shape index (κ2) is 7.32. The molecule has 0 aromatic heterocycles. The average molecular weight is 332 g/mol. The number of aliphatic hydroxyl groups excluding tert-OH is 1. The third-order valence-electron chi connectivity index (χ3n) is 4.34. The van der Waals surface area contributed by atoms with Gasteiger partial charge in [-0.1, -0.05) is 78.9 Å². The highest BCUT2D eigenvalue weighted by Gasteiger charge is 2.33. The van der Waals surface area contributed by atoms with E-state index in [-0.39, 0.29) is 5.92 Å². The molecule has 1 aliphatic carbocycles. The van der Waals surface area contributed by atoms with Crippen LogP contribution in [0.25, 0.3) is 11.1 Å². The number of carboxylic acids is 1. The minimum Gasteiger partial charge on any atom is -0.481 e. The Bertz CT molecular complexity index is 822. The molecule has 25 heavy (non-hydrogen) atoms. The SMILES string of the molecule is CC(=O)O.OC(c1ccccc1)C1c2ccccc2-c2ccccc21. The first-order valence-corrected chi connectivity index (χ1v) is 8.20. The van der Waals surface area contributed by atoms with Crippen LogP contribution in [-0.2, 0) is 4.79 Å². The third-order valence-corrected chi connectivity index (χ3v) is 4.34. The van der Waals surface area contributed by atoms with Crippen molar-refractivity contribution < 1.29 is 15.0 Å². The fourth-order valence-corrected chi connectivity index (χ4v) is 3.38. The minimum absolute atomic E-state index is 0.0137. The monoisotopic (exact) mass is 332 g/mol. The van der Waals surface area contributed by atoms with Crippen molar-refractivity contribution in [1.29, 1.82) is 0 Å². The zero-order valence-corrected chi connectivity index (χ0v) is 14.0. The van der Waals surface area contributed by atoms with Gasteiger partial charge in [0.2, 0.25) is 0 Å². The van der Waals surface area contributed by atoms with Gasteiger partial charge in [-0.25, -0.2) is 0 Å². The largest absolute Gasteiger partial charge is 0.481 e. The Labute approximate surface area is 147 Å². The molecule has 0 fully saturated rings. The molecule has 3 heteroatoms. The predicted molar refractivity (Wildman–Crippen MR) is 98.4 cm³/mol. The first-order valence-electron chi connectivity index (χ1n) is 8.20. The second-order valence-electron chi connectivity index (χ2n) is 6.03. The zero-order chi connectivity index (χ0) is 17.8. The number of fused-ring (bicyclic) bond motifs is 3. The van der Waals surface area contributed by atoms with E-state index in [9.17, 15) is 5.11 Å². The number of carbonyl (C=O) groups is 1. The van der Waals surface area contributed by atoms with Crippen LogP contribution < -0.4 is 0 Å². The molecule has 4 rings (SSSR count). The van der Waals surface area contributed by atoms with Crippen LogP contribution in [0.4, 0.5) is 0 Å². The number of aliphatic carboxylic acids is 1. The number of rotatable bonds is 2. The lowest BCUT2D eigenvalue weighted by atomic mass is 9.87. The maximum absolute atomic E-state index is 10.9. The van der Waals surface area contributed by atoms with Crippen molar-refractivity contribution >= 4 is 5.97 Å². The molecular weight excluding hydrogens is 312 g/mol. The molecule has 0 spiro atoms. The van der Waals surface area contributed by atoms with Crippen molar-refractivity contribution in [3.63, 3.8) is 0 Å². The van der Waals surface area contributed by atoms with Crippen LogP contribution in [0.3, 0.4) is 0 Å². The van der Waals surface area contributed by atoms with Gasteiger partial charge in [0.05, 0.1) is 6.10 Å². The Morgan fingerprint density at radius 1 is 0.800 bits per heavy atom. The topological polar surface area (TPSA) is 57.5 Å². The third kappa shape index (κ3) is 3.47. The first kappa shape index (κ1) is 16.9. The van der Waals surface area contributed by atoms with Crippen molar-refractivity contribution in [1.82, 2.24) is 0 Å². The molecule has 0 bridgehead atoms. The van der Waals surface area contributed by atoms with Crippen LogP contribution in [-0.4, -0.2) is 16.2 Å². The van der Waals surface area contributed by atoms with Crippen molar-refractivity contribution in [3.8, 4) is 11.1 Å². The Morgan fingerprint density at radius 2 is 1.20 bits per heavy atom. The van der Waals surface area contributed by atoms with Gasteiger partial charge >= 0.3 is 0 Å². The van der Waals surface area contributed by atoms with Crippen LogP contribution in [0, 0.1) is 0 Å². The fraction of sp³-hybridized carbons (Fsp3) is 0.136. The van der Waals surface area contributed by atoms with E-state index in [4.69, 9.17) is 9.90 Å². The molecule has 3 nitrogen and oxygen atoms in total. The number of carboxylic acid groups (broad SMARTS) is 1. The molecule has 0 aliphatic heterocycles. The quantitative estimate of drug-likeness (QED) is 0.720. The van der Waals surface area contributed by atoms with E-state index in [1.807, 2.05) is 30.3 Å². The van der Waals surface area contributed by atoms with Crippen LogP contribution in [0.2, 0.25) is 0 Å². The Balaban J connectivity index is 0.000000415. The van der Waals surface area contributed by atoms with Crippen LogP contribution in [0.1, 0.15) is 35.6 Å². The van der Waals surface area contributed by atoms with Crippen molar-refractivity contribution in [3.05, 3.63) is 95.6 Å². The van der Waals surface area contributed by atoms with E-state index in [2.05, 4.69) is 48.5 Å². The lowest BCUT2D eigenvalue weighted by molar-refractivity contribution is -0.134. The van der Waals surface area contributed by atoms with E-state index in [0.717, 1.165) is 12.5 Å². The molecule has 0 amide bonds. The molecule has 1 atom stereocenters. The van der Waals surface area contributed by atoms with E-state index in [1.165, 1.54) is 22.3 Å². The van der Waals surface area contributed by atoms with E-state index in [0.29, 0.717) is 0 Å². The van der Waals surface area contributed by atoms with E-state index in [1.54, 1.807) is 0 Å². The molecule has 126 valence electrons. The minimum atomic E-state index is -0.833. The molecule has 0 radical (unpaired) electrons. The van der Waals surface area contributed by atoms with Gasteiger partial charge in [-0.15, -0.1) is 0 Å². The fourth-order valence-electron chi connectivity index (χ4n) is 3.38. The molecule has 2 N–H and O–H groups in total. The second-order valence-corrected chi connectivity index (χ2v) is 6.03. The summed E-state index contributed by atoms with van der Waals surface area (Å²) >= 11 is 0. The van der Waals surface area contributed by atoms with E-state index < -0.39 is 12.1 Å². The summed E-state index contributed by atoms with van der Waals surface area (Å²) in [6, 6.07) is 26.7. The number of benzene rings is 3. The highest BCUT2D eigenvalue weighted by atomic mass is 16.4. The summed E-state index contributed by atoms with van der Waals surface area (Å²) in [5, 5.41) is 18.3. The molecule has 1 aliphatic rings. The number of hydrogen-bond acceptors (Lipinski definition) is 2. The highest BCUT2D eigenvalue weighted by Crippen LogP contribution is 2.49. The summed E-state index contributed by atoms with van der Waals surface area (Å²) in [6.07, 6.45) is -0.518. The van der Waals surface area contributed by atoms with Gasteiger partial charge in [0, 0.05) is 12.8 Å². The lowest BCUT2D eigenvalue weighted by Crippen LogP contribution is -2.09. The number of hydrogen-bond donors (Lipinski definition) is 2. The highest BCUT2D eigenvalue weighted by molar-refractivity contribution is 5.79. The van der Waals surface area contributed by atoms with E-state index >= 15 is 0 Å². The van der Waals surface area contributed by atoms with Gasteiger partial charge in [0.1, 0.15) is 0 Å².